The molecule has 1 unspecified atom stereocenters. The molecule has 2 aliphatic heterocycles. The van der Waals surface area contributed by atoms with E-state index in [0.29, 0.717) is 42.8 Å². The Morgan fingerprint density at radius 3 is 2.41 bits per heavy atom. The number of rotatable bonds is 6. The van der Waals surface area contributed by atoms with Gasteiger partial charge in [-0.1, -0.05) is 55.7 Å². The van der Waals surface area contributed by atoms with Gasteiger partial charge in [0.25, 0.3) is 5.91 Å². The van der Waals surface area contributed by atoms with Crippen LogP contribution >= 0.6 is 0 Å². The number of hydrogen-bond donors (Lipinski definition) is 2. The largest absolute Gasteiger partial charge is 0.451 e. The van der Waals surface area contributed by atoms with Crippen molar-refractivity contribution in [2.24, 2.45) is 0 Å². The van der Waals surface area contributed by atoms with Crippen LogP contribution in [0.4, 0.5) is 11.4 Å². The van der Waals surface area contributed by atoms with Crippen molar-refractivity contribution in [1.29, 1.82) is 0 Å². The van der Waals surface area contributed by atoms with E-state index in [9.17, 15) is 22.8 Å². The number of benzene rings is 2. The summed E-state index contributed by atoms with van der Waals surface area (Å²) < 4.78 is 32.0. The van der Waals surface area contributed by atoms with Crippen LogP contribution in [0, 0.1) is 0 Å². The number of carbonyl (C=O) groups excluding carboxylic acids is 3. The Kier molecular flexibility index (Phi) is 7.06. The van der Waals surface area contributed by atoms with Crippen LogP contribution in [0.1, 0.15) is 49.1 Å². The number of Topliss-reactive ketones (excluding diaryl/α,β-unsaturated/α-hetero) is 1. The number of hydrogen-bond acceptors (Lipinski definition) is 7. The number of fused-ring (bicyclic) bond motifs is 1. The molecule has 2 amide bonds. The number of furan rings is 1. The Labute approximate surface area is 238 Å². The topological polar surface area (TPSA) is 129 Å². The van der Waals surface area contributed by atoms with E-state index in [1.54, 1.807) is 42.5 Å². The molecule has 11 heteroatoms. The predicted molar refractivity (Wildman–Crippen MR) is 155 cm³/mol. The number of piperidine rings is 1. The van der Waals surface area contributed by atoms with Gasteiger partial charge in [0.05, 0.1) is 29.7 Å². The Bertz CT molecular complexity index is 1610. The van der Waals surface area contributed by atoms with Crippen LogP contribution in [0.15, 0.2) is 71.3 Å². The maximum absolute atomic E-state index is 13.7. The zero-order valence-corrected chi connectivity index (χ0v) is 23.4. The highest BCUT2D eigenvalue weighted by Crippen LogP contribution is 2.35. The number of amides is 2. The zero-order chi connectivity index (χ0) is 28.6. The highest BCUT2D eigenvalue weighted by molar-refractivity contribution is 7.93. The monoisotopic (exact) mass is 576 g/mol. The number of carbonyl (C=O) groups is 3. The maximum atomic E-state index is 13.7. The summed E-state index contributed by atoms with van der Waals surface area (Å²) in [6.07, 6.45) is 6.96. The first kappa shape index (κ1) is 27.1. The zero-order valence-electron chi connectivity index (χ0n) is 22.5. The molecule has 3 heterocycles. The second-order valence-corrected chi connectivity index (χ2v) is 12.8. The van der Waals surface area contributed by atoms with E-state index in [1.165, 1.54) is 10.5 Å². The fraction of sp³-hybridized carbons (Fsp3) is 0.367. The molecule has 6 rings (SSSR count). The fourth-order valence-corrected chi connectivity index (χ4v) is 7.21. The third kappa shape index (κ3) is 5.21. The van der Waals surface area contributed by atoms with Crippen molar-refractivity contribution in [2.75, 3.05) is 28.0 Å². The lowest BCUT2D eigenvalue weighted by molar-refractivity contribution is -0.133. The number of sulfonamides is 1. The molecule has 1 aromatic heterocycles. The van der Waals surface area contributed by atoms with Gasteiger partial charge in [-0.25, -0.2) is 12.7 Å². The van der Waals surface area contributed by atoms with Crippen molar-refractivity contribution in [3.63, 3.8) is 0 Å². The highest BCUT2D eigenvalue weighted by Gasteiger charge is 2.43. The molecule has 0 spiro atoms. The molecule has 0 bridgehead atoms. The van der Waals surface area contributed by atoms with Crippen LogP contribution in [-0.4, -0.2) is 56.4 Å². The summed E-state index contributed by atoms with van der Waals surface area (Å²) in [5, 5.41) is 6.70. The number of para-hydroxylation sites is 3. The van der Waals surface area contributed by atoms with Crippen molar-refractivity contribution < 1.29 is 27.2 Å². The van der Waals surface area contributed by atoms with Crippen LogP contribution in [-0.2, 0) is 19.6 Å². The number of anilines is 2. The van der Waals surface area contributed by atoms with E-state index in [-0.39, 0.29) is 29.7 Å². The van der Waals surface area contributed by atoms with E-state index in [1.807, 2.05) is 23.1 Å². The summed E-state index contributed by atoms with van der Waals surface area (Å²) in [5.41, 5.74) is 0.597. The van der Waals surface area contributed by atoms with Crippen LogP contribution in [0.2, 0.25) is 0 Å². The molecular formula is C30H32N4O6S. The van der Waals surface area contributed by atoms with Crippen LogP contribution < -0.4 is 19.8 Å². The van der Waals surface area contributed by atoms with E-state index in [2.05, 4.69) is 10.6 Å². The van der Waals surface area contributed by atoms with E-state index in [0.717, 1.165) is 24.6 Å². The molecule has 41 heavy (non-hydrogen) atoms. The minimum absolute atomic E-state index is 0.0257. The molecule has 1 saturated carbocycles. The highest BCUT2D eigenvalue weighted by atomic mass is 32.2. The standard InChI is InChI=1S/C30H32N4O6S/c35-25-20-33(23-10-3-4-11-24(23)34-16-8-18-41(34,38)39)17-13-22(25)31-29(37)30(14-6-1-7-15-30)32-28(36)27-19-21-9-2-5-12-26(21)40-27/h2-5,8-12,16,19,22H,1,6-7,13-15,17-18,20H2,(H,31,37)(H,32,36). The number of nitrogens with one attached hydrogen (secondary N) is 2. The lowest BCUT2D eigenvalue weighted by Crippen LogP contribution is -2.63. The van der Waals surface area contributed by atoms with Gasteiger partial charge < -0.3 is 20.0 Å². The van der Waals surface area contributed by atoms with Crippen molar-refractivity contribution in [1.82, 2.24) is 10.6 Å². The summed E-state index contributed by atoms with van der Waals surface area (Å²) in [4.78, 5) is 42.1. The minimum atomic E-state index is -3.49. The molecular weight excluding hydrogens is 544 g/mol. The van der Waals surface area contributed by atoms with E-state index in [4.69, 9.17) is 4.42 Å². The second-order valence-electron chi connectivity index (χ2n) is 10.9. The summed E-state index contributed by atoms with van der Waals surface area (Å²) in [5.74, 6) is -0.914. The first-order valence-corrected chi connectivity index (χ1v) is 15.5. The van der Waals surface area contributed by atoms with Crippen molar-refractivity contribution >= 4 is 50.0 Å². The van der Waals surface area contributed by atoms with Crippen LogP contribution in [0.5, 0.6) is 0 Å². The number of ketones is 1. The van der Waals surface area contributed by atoms with Gasteiger partial charge in [0.2, 0.25) is 15.9 Å². The lowest BCUT2D eigenvalue weighted by Gasteiger charge is -2.39. The summed E-state index contributed by atoms with van der Waals surface area (Å²) in [7, 11) is -3.49. The molecule has 10 nitrogen and oxygen atoms in total. The molecule has 214 valence electrons. The quantitative estimate of drug-likeness (QED) is 0.460. The molecule has 3 aromatic rings. The molecule has 3 aliphatic rings. The second kappa shape index (κ2) is 10.7. The van der Waals surface area contributed by atoms with Crippen LogP contribution in [0.25, 0.3) is 11.0 Å². The third-order valence-electron chi connectivity index (χ3n) is 8.18. The molecule has 2 N–H and O–H groups in total. The third-order valence-corrected chi connectivity index (χ3v) is 9.71. The molecule has 1 aliphatic carbocycles. The average molecular weight is 577 g/mol. The van der Waals surface area contributed by atoms with E-state index < -0.39 is 27.5 Å². The Balaban J connectivity index is 1.16. The summed E-state index contributed by atoms with van der Waals surface area (Å²) >= 11 is 0. The molecule has 2 fully saturated rings. The first-order valence-electron chi connectivity index (χ1n) is 13.9. The average Bonchev–Trinajstić information content (AvgIpc) is 3.57. The van der Waals surface area contributed by atoms with Gasteiger partial charge in [0.15, 0.2) is 11.5 Å². The first-order chi connectivity index (χ1) is 19.8. The van der Waals surface area contributed by atoms with Gasteiger partial charge >= 0.3 is 0 Å². The summed E-state index contributed by atoms with van der Waals surface area (Å²) in [6, 6.07) is 15.4. The van der Waals surface area contributed by atoms with Crippen molar-refractivity contribution in [3.8, 4) is 0 Å². The van der Waals surface area contributed by atoms with Crippen molar-refractivity contribution in [2.45, 2.75) is 50.1 Å². The Hall–Kier alpha value is -4.12. The van der Waals surface area contributed by atoms with Gasteiger partial charge in [-0.05, 0) is 43.5 Å². The number of nitrogens with zero attached hydrogens (tertiary/aromatic N) is 2. The van der Waals surface area contributed by atoms with E-state index >= 15 is 0 Å². The minimum Gasteiger partial charge on any atom is -0.451 e. The smallest absolute Gasteiger partial charge is 0.287 e. The van der Waals surface area contributed by atoms with Gasteiger partial charge in [-0.3, -0.25) is 14.4 Å². The molecule has 0 radical (unpaired) electrons. The van der Waals surface area contributed by atoms with Gasteiger partial charge in [0, 0.05) is 18.1 Å². The maximum Gasteiger partial charge on any atom is 0.287 e. The van der Waals surface area contributed by atoms with Gasteiger partial charge in [0.1, 0.15) is 11.1 Å². The lowest BCUT2D eigenvalue weighted by atomic mass is 9.80. The van der Waals surface area contributed by atoms with Crippen LogP contribution in [0.3, 0.4) is 0 Å². The fourth-order valence-electron chi connectivity index (χ4n) is 6.00. The molecule has 1 saturated heterocycles. The molecule has 2 aromatic carbocycles. The predicted octanol–water partition coefficient (Wildman–Crippen LogP) is 3.49. The van der Waals surface area contributed by atoms with Gasteiger partial charge in [-0.15, -0.1) is 0 Å². The Morgan fingerprint density at radius 2 is 1.71 bits per heavy atom. The van der Waals surface area contributed by atoms with Gasteiger partial charge in [-0.2, -0.15) is 0 Å². The van der Waals surface area contributed by atoms with Crippen molar-refractivity contribution in [3.05, 3.63) is 72.6 Å². The Morgan fingerprint density at radius 1 is 0.976 bits per heavy atom. The molecule has 1 atom stereocenters. The summed E-state index contributed by atoms with van der Waals surface area (Å²) in [6.45, 7) is 0.474. The normalized spacial score (nSPS) is 21.7. The SMILES string of the molecule is O=C(NC1(C(=O)NC2CCN(c3ccccc3N3C=CCS3(=O)=O)CC2=O)CCCCC1)c1cc2ccccc2o1.